The molecule has 0 N–H and O–H groups in total. The van der Waals surface area contributed by atoms with Crippen LogP contribution in [0.15, 0.2) is 24.8 Å². The van der Waals surface area contributed by atoms with Gasteiger partial charge in [-0.25, -0.2) is 0 Å². The summed E-state index contributed by atoms with van der Waals surface area (Å²) in [4.78, 5) is 0. The lowest BCUT2D eigenvalue weighted by molar-refractivity contribution is 0.577. The Kier molecular flexibility index (Phi) is 4.15. The molecule has 2 heteroatoms. The molecular weight excluding hydrogens is 200 g/mol. The van der Waals surface area contributed by atoms with E-state index >= 15 is 0 Å². The summed E-state index contributed by atoms with van der Waals surface area (Å²) in [5.41, 5.74) is 2.42. The molecule has 0 amide bonds. The highest BCUT2D eigenvalue weighted by Crippen LogP contribution is 2.26. The van der Waals surface area contributed by atoms with Gasteiger partial charge in [-0.2, -0.15) is 0 Å². The fourth-order valence-electron chi connectivity index (χ4n) is 1.43. The predicted octanol–water partition coefficient (Wildman–Crippen LogP) is 3.82. The fourth-order valence-corrected chi connectivity index (χ4v) is 2.15. The van der Waals surface area contributed by atoms with Crippen LogP contribution in [-0.4, -0.2) is 9.04 Å². The normalized spacial score (nSPS) is 10.8. The molecule has 0 saturated heterocycles. The van der Waals surface area contributed by atoms with E-state index in [-0.39, 0.29) is 0 Å². The summed E-state index contributed by atoms with van der Waals surface area (Å²) < 4.78 is 5.89. The van der Waals surface area contributed by atoms with E-state index in [0.29, 0.717) is 5.92 Å². The third-order valence-electron chi connectivity index (χ3n) is 2.29. The first-order valence-corrected chi connectivity index (χ1v) is 8.25. The molecule has 0 heterocycles. The summed E-state index contributed by atoms with van der Waals surface area (Å²) in [6.45, 7) is 12.5. The Labute approximate surface area is 94.5 Å². The van der Waals surface area contributed by atoms with E-state index in [1.807, 2.05) is 6.08 Å². The summed E-state index contributed by atoms with van der Waals surface area (Å²) in [5.74, 6) is 1.54. The first kappa shape index (κ1) is 12.0. The molecule has 1 nitrogen and oxygen atoms in total. The van der Waals surface area contributed by atoms with Gasteiger partial charge in [0.2, 0.25) is 9.04 Å². The molecule has 0 spiro atoms. The SMILES string of the molecule is C=Cc1ccc(C(C)C)cc1O[SiH](C)C. The molecule has 1 aromatic rings. The van der Waals surface area contributed by atoms with E-state index < -0.39 is 9.04 Å². The van der Waals surface area contributed by atoms with Crippen molar-refractivity contribution in [1.82, 2.24) is 0 Å². The average molecular weight is 220 g/mol. The molecule has 15 heavy (non-hydrogen) atoms. The molecule has 0 radical (unpaired) electrons. The number of hydrogen-bond acceptors (Lipinski definition) is 1. The van der Waals surface area contributed by atoms with Crippen molar-refractivity contribution in [2.24, 2.45) is 0 Å². The summed E-state index contributed by atoms with van der Waals surface area (Å²) in [7, 11) is -1.04. The van der Waals surface area contributed by atoms with E-state index in [1.165, 1.54) is 5.56 Å². The molecule has 0 aromatic heterocycles. The molecule has 0 bridgehead atoms. The lowest BCUT2D eigenvalue weighted by atomic mass is 10.0. The van der Waals surface area contributed by atoms with Crippen LogP contribution in [0.1, 0.15) is 30.9 Å². The van der Waals surface area contributed by atoms with Crippen LogP contribution in [0.3, 0.4) is 0 Å². The maximum atomic E-state index is 5.89. The van der Waals surface area contributed by atoms with Crippen molar-refractivity contribution in [3.05, 3.63) is 35.9 Å². The van der Waals surface area contributed by atoms with Gasteiger partial charge in [-0.1, -0.05) is 38.6 Å². The molecular formula is C13H20OSi. The zero-order valence-electron chi connectivity index (χ0n) is 10.1. The third kappa shape index (κ3) is 3.24. The molecule has 1 rings (SSSR count). The van der Waals surface area contributed by atoms with Crippen molar-refractivity contribution in [1.29, 1.82) is 0 Å². The lowest BCUT2D eigenvalue weighted by Crippen LogP contribution is -2.12. The monoisotopic (exact) mass is 220 g/mol. The molecule has 0 atom stereocenters. The van der Waals surface area contributed by atoms with E-state index in [1.54, 1.807) is 0 Å². The van der Waals surface area contributed by atoms with Crippen LogP contribution in [0.5, 0.6) is 5.75 Å². The molecule has 82 valence electrons. The molecule has 0 aliphatic heterocycles. The van der Waals surface area contributed by atoms with E-state index in [0.717, 1.165) is 11.3 Å². The first-order valence-electron chi connectivity index (χ1n) is 5.47. The van der Waals surface area contributed by atoms with E-state index in [2.05, 4.69) is 51.7 Å². The van der Waals surface area contributed by atoms with Crippen LogP contribution in [-0.2, 0) is 0 Å². The van der Waals surface area contributed by atoms with Crippen LogP contribution < -0.4 is 4.43 Å². The largest absolute Gasteiger partial charge is 0.547 e. The van der Waals surface area contributed by atoms with Crippen LogP contribution >= 0.6 is 0 Å². The maximum absolute atomic E-state index is 5.89. The summed E-state index contributed by atoms with van der Waals surface area (Å²) in [6.07, 6.45) is 1.86. The first-order chi connectivity index (χ1) is 7.04. The van der Waals surface area contributed by atoms with Gasteiger partial charge in [0.05, 0.1) is 0 Å². The second-order valence-electron chi connectivity index (χ2n) is 4.32. The quantitative estimate of drug-likeness (QED) is 0.701. The molecule has 0 fully saturated rings. The minimum absolute atomic E-state index is 0.542. The number of benzene rings is 1. The molecule has 0 saturated carbocycles. The van der Waals surface area contributed by atoms with Crippen LogP contribution in [0, 0.1) is 0 Å². The van der Waals surface area contributed by atoms with Crippen molar-refractivity contribution >= 4 is 15.1 Å². The summed E-state index contributed by atoms with van der Waals surface area (Å²) in [6, 6.07) is 6.39. The van der Waals surface area contributed by atoms with Crippen molar-refractivity contribution in [2.45, 2.75) is 32.9 Å². The summed E-state index contributed by atoms with van der Waals surface area (Å²) in [5, 5.41) is 0. The van der Waals surface area contributed by atoms with Gasteiger partial charge in [0.15, 0.2) is 0 Å². The number of rotatable bonds is 4. The van der Waals surface area contributed by atoms with Crippen molar-refractivity contribution < 1.29 is 4.43 Å². The van der Waals surface area contributed by atoms with Crippen LogP contribution in [0.4, 0.5) is 0 Å². The van der Waals surface area contributed by atoms with Gasteiger partial charge in [-0.05, 0) is 30.6 Å². The molecule has 0 aliphatic rings. The Morgan fingerprint density at radius 1 is 1.33 bits per heavy atom. The highest BCUT2D eigenvalue weighted by molar-refractivity contribution is 6.49. The van der Waals surface area contributed by atoms with Crippen molar-refractivity contribution in [2.75, 3.05) is 0 Å². The molecule has 1 aromatic carbocycles. The van der Waals surface area contributed by atoms with Gasteiger partial charge in [0.25, 0.3) is 0 Å². The van der Waals surface area contributed by atoms with E-state index in [9.17, 15) is 0 Å². The smallest absolute Gasteiger partial charge is 0.229 e. The van der Waals surface area contributed by atoms with Crippen molar-refractivity contribution in [3.63, 3.8) is 0 Å². The highest BCUT2D eigenvalue weighted by atomic mass is 28.3. The van der Waals surface area contributed by atoms with Gasteiger partial charge in [0, 0.05) is 5.56 Å². The minimum atomic E-state index is -1.04. The minimum Gasteiger partial charge on any atom is -0.547 e. The number of hydrogen-bond donors (Lipinski definition) is 0. The zero-order valence-corrected chi connectivity index (χ0v) is 11.2. The van der Waals surface area contributed by atoms with Gasteiger partial charge >= 0.3 is 0 Å². The Hall–Kier alpha value is -1.02. The molecule has 0 aliphatic carbocycles. The molecule has 0 unspecified atom stereocenters. The maximum Gasteiger partial charge on any atom is 0.229 e. The second kappa shape index (κ2) is 5.17. The Morgan fingerprint density at radius 2 is 2.00 bits per heavy atom. The van der Waals surface area contributed by atoms with Crippen LogP contribution in [0.2, 0.25) is 13.1 Å². The lowest BCUT2D eigenvalue weighted by Gasteiger charge is -2.15. The zero-order chi connectivity index (χ0) is 11.4. The van der Waals surface area contributed by atoms with Gasteiger partial charge in [0.1, 0.15) is 5.75 Å². The van der Waals surface area contributed by atoms with Crippen molar-refractivity contribution in [3.8, 4) is 5.75 Å². The highest BCUT2D eigenvalue weighted by Gasteiger charge is 2.07. The van der Waals surface area contributed by atoms with E-state index in [4.69, 9.17) is 4.43 Å². The predicted molar refractivity (Wildman–Crippen MR) is 70.1 cm³/mol. The van der Waals surface area contributed by atoms with Gasteiger partial charge < -0.3 is 4.43 Å². The van der Waals surface area contributed by atoms with Crippen LogP contribution in [0.25, 0.3) is 6.08 Å². The topological polar surface area (TPSA) is 9.23 Å². The Morgan fingerprint density at radius 3 is 2.47 bits per heavy atom. The Bertz CT molecular complexity index is 342. The second-order valence-corrected chi connectivity index (χ2v) is 6.66. The summed E-state index contributed by atoms with van der Waals surface area (Å²) >= 11 is 0. The fraction of sp³-hybridized carbons (Fsp3) is 0.385. The van der Waals surface area contributed by atoms with Gasteiger partial charge in [-0.15, -0.1) is 0 Å². The van der Waals surface area contributed by atoms with Gasteiger partial charge in [-0.3, -0.25) is 0 Å². The standard InChI is InChI=1S/C13H20OSi/c1-6-11-7-8-12(10(2)3)9-13(11)14-15(4)5/h6-10,15H,1H2,2-5H3. The average Bonchev–Trinajstić information content (AvgIpc) is 2.16. The third-order valence-corrected chi connectivity index (χ3v) is 3.01. The Balaban J connectivity index is 3.07.